The molecule has 1 aromatic carbocycles. The standard InChI is InChI=1S/C16H15N3O3S/c20-16(8-11-23(21,22)15-4-2-1-3-5-15)18-13-7-10-19-14(12-13)6-9-17-19/h1-7,9-10,12H,8,11H2,(H,18,20). The second kappa shape index (κ2) is 6.21. The zero-order chi connectivity index (χ0) is 16.3. The molecule has 0 bridgehead atoms. The van der Waals surface area contributed by atoms with Crippen LogP contribution in [0.4, 0.5) is 5.69 Å². The number of nitrogens with zero attached hydrogens (tertiary/aromatic N) is 2. The molecule has 0 saturated carbocycles. The molecule has 0 spiro atoms. The number of pyridine rings is 1. The van der Waals surface area contributed by atoms with Crippen molar-refractivity contribution in [3.8, 4) is 0 Å². The number of benzene rings is 1. The molecule has 7 heteroatoms. The number of nitrogens with one attached hydrogen (secondary N) is 1. The van der Waals surface area contributed by atoms with Crippen molar-refractivity contribution in [1.29, 1.82) is 0 Å². The molecule has 1 amide bonds. The lowest BCUT2D eigenvalue weighted by molar-refractivity contribution is -0.115. The number of carbonyl (C=O) groups is 1. The summed E-state index contributed by atoms with van der Waals surface area (Å²) in [5, 5.41) is 6.77. The summed E-state index contributed by atoms with van der Waals surface area (Å²) in [5.74, 6) is -0.564. The van der Waals surface area contributed by atoms with Crippen LogP contribution in [0.5, 0.6) is 0 Å². The van der Waals surface area contributed by atoms with Gasteiger partial charge in [0, 0.05) is 24.5 Å². The number of hydrogen-bond acceptors (Lipinski definition) is 4. The fraction of sp³-hybridized carbons (Fsp3) is 0.125. The Labute approximate surface area is 133 Å². The van der Waals surface area contributed by atoms with Crippen molar-refractivity contribution in [3.63, 3.8) is 0 Å². The van der Waals surface area contributed by atoms with Gasteiger partial charge in [0.1, 0.15) is 0 Å². The Morgan fingerprint density at radius 3 is 2.70 bits per heavy atom. The molecule has 2 heterocycles. The zero-order valence-electron chi connectivity index (χ0n) is 12.2. The van der Waals surface area contributed by atoms with E-state index < -0.39 is 9.84 Å². The topological polar surface area (TPSA) is 80.5 Å². The molecular weight excluding hydrogens is 314 g/mol. The van der Waals surface area contributed by atoms with Gasteiger partial charge in [0.05, 0.1) is 16.2 Å². The van der Waals surface area contributed by atoms with Gasteiger partial charge in [-0.15, -0.1) is 0 Å². The van der Waals surface area contributed by atoms with Gasteiger partial charge in [-0.2, -0.15) is 5.10 Å². The van der Waals surface area contributed by atoms with E-state index in [1.165, 1.54) is 12.1 Å². The average molecular weight is 329 g/mol. The molecule has 0 aliphatic rings. The summed E-state index contributed by atoms with van der Waals surface area (Å²) in [6, 6.07) is 13.4. The number of aromatic nitrogens is 2. The van der Waals surface area contributed by atoms with E-state index in [4.69, 9.17) is 0 Å². The van der Waals surface area contributed by atoms with Crippen molar-refractivity contribution < 1.29 is 13.2 Å². The average Bonchev–Trinajstić information content (AvgIpc) is 3.02. The summed E-state index contributed by atoms with van der Waals surface area (Å²) in [7, 11) is -3.45. The highest BCUT2D eigenvalue weighted by Gasteiger charge is 2.16. The largest absolute Gasteiger partial charge is 0.326 e. The first-order valence-corrected chi connectivity index (χ1v) is 8.71. The van der Waals surface area contributed by atoms with Crippen molar-refractivity contribution in [2.75, 3.05) is 11.1 Å². The third-order valence-electron chi connectivity index (χ3n) is 3.38. The van der Waals surface area contributed by atoms with Crippen LogP contribution in [0.25, 0.3) is 5.52 Å². The van der Waals surface area contributed by atoms with E-state index in [2.05, 4.69) is 10.4 Å². The summed E-state index contributed by atoms with van der Waals surface area (Å²) in [6.07, 6.45) is 3.29. The number of sulfone groups is 1. The normalized spacial score (nSPS) is 11.5. The molecule has 0 atom stereocenters. The Balaban J connectivity index is 1.63. The van der Waals surface area contributed by atoms with Gasteiger partial charge < -0.3 is 5.32 Å². The van der Waals surface area contributed by atoms with Crippen molar-refractivity contribution >= 4 is 26.9 Å². The summed E-state index contributed by atoms with van der Waals surface area (Å²) < 4.78 is 26.0. The number of amides is 1. The zero-order valence-corrected chi connectivity index (χ0v) is 13.0. The van der Waals surface area contributed by atoms with Crippen LogP contribution in [0, 0.1) is 0 Å². The number of anilines is 1. The SMILES string of the molecule is O=C(CCS(=O)(=O)c1ccccc1)Nc1ccn2nccc2c1. The van der Waals surface area contributed by atoms with Crippen molar-refractivity contribution in [2.24, 2.45) is 0 Å². The van der Waals surface area contributed by atoms with E-state index in [0.717, 1.165) is 5.52 Å². The molecule has 3 aromatic rings. The van der Waals surface area contributed by atoms with Crippen LogP contribution in [-0.4, -0.2) is 29.7 Å². The molecule has 0 radical (unpaired) electrons. The van der Waals surface area contributed by atoms with Gasteiger partial charge in [0.2, 0.25) is 5.91 Å². The van der Waals surface area contributed by atoms with Crippen LogP contribution < -0.4 is 5.32 Å². The molecule has 2 aromatic heterocycles. The molecule has 0 unspecified atom stereocenters. The Hall–Kier alpha value is -2.67. The quantitative estimate of drug-likeness (QED) is 0.777. The molecule has 1 N–H and O–H groups in total. The van der Waals surface area contributed by atoms with Gasteiger partial charge in [0.25, 0.3) is 0 Å². The monoisotopic (exact) mass is 329 g/mol. The second-order valence-electron chi connectivity index (χ2n) is 5.05. The Bertz CT molecular complexity index is 933. The Kier molecular flexibility index (Phi) is 4.12. The van der Waals surface area contributed by atoms with Gasteiger partial charge in [0.15, 0.2) is 9.84 Å². The first kappa shape index (κ1) is 15.2. The first-order chi connectivity index (χ1) is 11.0. The van der Waals surface area contributed by atoms with Crippen LogP contribution in [0.1, 0.15) is 6.42 Å². The number of carbonyl (C=O) groups excluding carboxylic acids is 1. The van der Waals surface area contributed by atoms with Gasteiger partial charge >= 0.3 is 0 Å². The molecule has 0 saturated heterocycles. The van der Waals surface area contributed by atoms with Gasteiger partial charge in [-0.3, -0.25) is 4.79 Å². The fourth-order valence-electron chi connectivity index (χ4n) is 2.20. The summed E-state index contributed by atoms with van der Waals surface area (Å²) in [4.78, 5) is 12.2. The van der Waals surface area contributed by atoms with Gasteiger partial charge in [-0.25, -0.2) is 12.9 Å². The van der Waals surface area contributed by atoms with E-state index in [1.807, 2.05) is 6.07 Å². The van der Waals surface area contributed by atoms with Crippen LogP contribution >= 0.6 is 0 Å². The lowest BCUT2D eigenvalue weighted by Gasteiger charge is -2.07. The highest BCUT2D eigenvalue weighted by atomic mass is 32.2. The van der Waals surface area contributed by atoms with E-state index in [1.54, 1.807) is 47.2 Å². The van der Waals surface area contributed by atoms with E-state index in [0.29, 0.717) is 5.69 Å². The van der Waals surface area contributed by atoms with Crippen LogP contribution in [0.2, 0.25) is 0 Å². The number of hydrogen-bond donors (Lipinski definition) is 1. The van der Waals surface area contributed by atoms with Crippen molar-refractivity contribution in [3.05, 3.63) is 60.9 Å². The molecule has 23 heavy (non-hydrogen) atoms. The summed E-state index contributed by atoms with van der Waals surface area (Å²) in [5.41, 5.74) is 1.46. The molecule has 3 rings (SSSR count). The van der Waals surface area contributed by atoms with E-state index in [9.17, 15) is 13.2 Å². The number of rotatable bonds is 5. The summed E-state index contributed by atoms with van der Waals surface area (Å²) in [6.45, 7) is 0. The van der Waals surface area contributed by atoms with Gasteiger partial charge in [-0.1, -0.05) is 18.2 Å². The molecule has 118 valence electrons. The lowest BCUT2D eigenvalue weighted by Crippen LogP contribution is -2.17. The molecule has 0 aliphatic heterocycles. The van der Waals surface area contributed by atoms with Gasteiger partial charge in [-0.05, 0) is 30.3 Å². The third-order valence-corrected chi connectivity index (χ3v) is 5.12. The Morgan fingerprint density at radius 2 is 1.91 bits per heavy atom. The first-order valence-electron chi connectivity index (χ1n) is 7.06. The van der Waals surface area contributed by atoms with E-state index >= 15 is 0 Å². The lowest BCUT2D eigenvalue weighted by atomic mass is 10.3. The fourth-order valence-corrected chi connectivity index (χ4v) is 3.46. The van der Waals surface area contributed by atoms with Crippen molar-refractivity contribution in [1.82, 2.24) is 9.61 Å². The predicted octanol–water partition coefficient (Wildman–Crippen LogP) is 2.14. The maximum Gasteiger partial charge on any atom is 0.225 e. The highest BCUT2D eigenvalue weighted by Crippen LogP contribution is 2.14. The smallest absolute Gasteiger partial charge is 0.225 e. The highest BCUT2D eigenvalue weighted by molar-refractivity contribution is 7.91. The van der Waals surface area contributed by atoms with Crippen LogP contribution in [0.3, 0.4) is 0 Å². The maximum atomic E-state index is 12.1. The minimum absolute atomic E-state index is 0.0956. The number of fused-ring (bicyclic) bond motifs is 1. The van der Waals surface area contributed by atoms with E-state index in [-0.39, 0.29) is 23.0 Å². The summed E-state index contributed by atoms with van der Waals surface area (Å²) >= 11 is 0. The second-order valence-corrected chi connectivity index (χ2v) is 7.16. The Morgan fingerprint density at radius 1 is 1.13 bits per heavy atom. The van der Waals surface area contributed by atoms with Crippen molar-refractivity contribution in [2.45, 2.75) is 11.3 Å². The maximum absolute atomic E-state index is 12.1. The van der Waals surface area contributed by atoms with Crippen LogP contribution in [-0.2, 0) is 14.6 Å². The third kappa shape index (κ3) is 3.57. The molecule has 6 nitrogen and oxygen atoms in total. The molecule has 0 fully saturated rings. The minimum atomic E-state index is -3.45. The minimum Gasteiger partial charge on any atom is -0.326 e. The predicted molar refractivity (Wildman–Crippen MR) is 86.9 cm³/mol. The molecule has 0 aliphatic carbocycles. The van der Waals surface area contributed by atoms with Crippen LogP contribution in [0.15, 0.2) is 65.8 Å². The molecular formula is C16H15N3O3S.